The number of nitrogens with zero attached hydrogens (tertiary/aromatic N) is 1. The number of carboxylic acids is 1. The fourth-order valence-electron chi connectivity index (χ4n) is 2.31. The van der Waals surface area contributed by atoms with Crippen LogP contribution in [0.25, 0.3) is 11.3 Å². The number of carboxylic acid groups (broad SMARTS) is 1. The van der Waals surface area contributed by atoms with Crippen molar-refractivity contribution in [2.75, 3.05) is 7.11 Å². The Hall–Kier alpha value is -2.08. The fraction of sp³-hybridized carbons (Fsp3) is 0.333. The van der Waals surface area contributed by atoms with Gasteiger partial charge in [0.25, 0.3) is 0 Å². The summed E-state index contributed by atoms with van der Waals surface area (Å²) in [5, 5.41) is 8.82. The van der Waals surface area contributed by atoms with Crippen LogP contribution in [0.15, 0.2) is 23.0 Å². The Labute approximate surface area is 126 Å². The van der Waals surface area contributed by atoms with Crippen LogP contribution >= 0.6 is 11.3 Å². The highest BCUT2D eigenvalue weighted by Crippen LogP contribution is 2.29. The second-order valence-electron chi connectivity index (χ2n) is 4.75. The van der Waals surface area contributed by atoms with Gasteiger partial charge in [0, 0.05) is 11.4 Å². The molecule has 6 heteroatoms. The van der Waals surface area contributed by atoms with Gasteiger partial charge in [-0.3, -0.25) is 14.2 Å². The summed E-state index contributed by atoms with van der Waals surface area (Å²) in [6, 6.07) is 5.69. The molecule has 0 bridgehead atoms. The van der Waals surface area contributed by atoms with Crippen molar-refractivity contribution in [2.45, 2.75) is 26.8 Å². The molecular weight excluding hydrogens is 290 g/mol. The van der Waals surface area contributed by atoms with E-state index in [2.05, 4.69) is 0 Å². The van der Waals surface area contributed by atoms with Gasteiger partial charge < -0.3 is 9.84 Å². The quantitative estimate of drug-likeness (QED) is 0.922. The van der Waals surface area contributed by atoms with Crippen molar-refractivity contribution in [1.82, 2.24) is 4.57 Å². The Morgan fingerprint density at radius 2 is 2.10 bits per heavy atom. The molecule has 112 valence electrons. The Bertz CT molecular complexity index is 730. The van der Waals surface area contributed by atoms with Crippen LogP contribution in [-0.4, -0.2) is 22.8 Å². The van der Waals surface area contributed by atoms with E-state index in [0.717, 1.165) is 38.8 Å². The van der Waals surface area contributed by atoms with E-state index in [-0.39, 0.29) is 17.8 Å². The summed E-state index contributed by atoms with van der Waals surface area (Å²) in [6.07, 6.45) is -0.0712. The molecule has 0 saturated carbocycles. The predicted molar refractivity (Wildman–Crippen MR) is 82.3 cm³/mol. The molecule has 2 aromatic rings. The monoisotopic (exact) mass is 307 g/mol. The van der Waals surface area contributed by atoms with Crippen molar-refractivity contribution in [3.05, 3.63) is 38.3 Å². The van der Waals surface area contributed by atoms with Crippen molar-refractivity contribution in [1.29, 1.82) is 0 Å². The van der Waals surface area contributed by atoms with E-state index in [1.54, 1.807) is 7.11 Å². The molecule has 1 heterocycles. The van der Waals surface area contributed by atoms with Crippen molar-refractivity contribution in [3.8, 4) is 17.0 Å². The third-order valence-electron chi connectivity index (χ3n) is 3.28. The molecule has 1 aromatic carbocycles. The minimum Gasteiger partial charge on any atom is -0.496 e. The summed E-state index contributed by atoms with van der Waals surface area (Å²) < 4.78 is 6.77. The second-order valence-corrected chi connectivity index (χ2v) is 5.92. The number of hydrogen-bond acceptors (Lipinski definition) is 4. The lowest BCUT2D eigenvalue weighted by Gasteiger charge is -2.11. The van der Waals surface area contributed by atoms with Crippen LogP contribution in [0.3, 0.4) is 0 Å². The Kier molecular flexibility index (Phi) is 4.47. The van der Waals surface area contributed by atoms with Crippen LogP contribution < -0.4 is 9.61 Å². The normalized spacial score (nSPS) is 10.6. The molecule has 0 amide bonds. The maximum Gasteiger partial charge on any atom is 0.307 e. The second kappa shape index (κ2) is 6.13. The summed E-state index contributed by atoms with van der Waals surface area (Å²) in [5.41, 5.74) is 2.66. The average molecular weight is 307 g/mol. The molecule has 0 fully saturated rings. The number of aryl methyl sites for hydroxylation is 2. The van der Waals surface area contributed by atoms with E-state index < -0.39 is 5.97 Å². The van der Waals surface area contributed by atoms with Gasteiger partial charge in [0.2, 0.25) is 0 Å². The third kappa shape index (κ3) is 3.16. The van der Waals surface area contributed by atoms with Gasteiger partial charge >= 0.3 is 10.8 Å². The molecule has 2 rings (SSSR count). The molecule has 0 spiro atoms. The first kappa shape index (κ1) is 15.3. The number of carbonyl (C=O) groups is 1. The summed E-state index contributed by atoms with van der Waals surface area (Å²) in [5.74, 6) is -0.131. The molecular formula is C15H17NO4S. The first-order valence-corrected chi connectivity index (χ1v) is 7.32. The third-order valence-corrected chi connectivity index (χ3v) is 4.18. The Morgan fingerprint density at radius 1 is 1.38 bits per heavy atom. The standard InChI is InChI=1S/C15H17NO4S/c1-9-8-11(4-5-12(9)20-3)14-10(2)21-15(19)16(14)7-6-13(17)18/h4-5,8H,6-7H2,1-3H3,(H,17,18). The van der Waals surface area contributed by atoms with Gasteiger partial charge in [0.1, 0.15) is 5.75 Å². The molecule has 0 saturated heterocycles. The average Bonchev–Trinajstić information content (AvgIpc) is 2.70. The van der Waals surface area contributed by atoms with E-state index in [1.807, 2.05) is 32.0 Å². The van der Waals surface area contributed by atoms with Crippen molar-refractivity contribution in [2.24, 2.45) is 0 Å². The first-order chi connectivity index (χ1) is 9.93. The number of aromatic nitrogens is 1. The molecule has 0 aliphatic rings. The van der Waals surface area contributed by atoms with Crippen LogP contribution in [0.5, 0.6) is 5.75 Å². The molecule has 21 heavy (non-hydrogen) atoms. The number of thiazole rings is 1. The molecule has 0 unspecified atom stereocenters. The maximum absolute atomic E-state index is 12.0. The first-order valence-electron chi connectivity index (χ1n) is 6.51. The highest BCUT2D eigenvalue weighted by atomic mass is 32.1. The van der Waals surface area contributed by atoms with Gasteiger partial charge in [0.15, 0.2) is 0 Å². The van der Waals surface area contributed by atoms with E-state index in [4.69, 9.17) is 9.84 Å². The number of aliphatic carboxylic acids is 1. The molecule has 5 nitrogen and oxygen atoms in total. The maximum atomic E-state index is 12.0. The van der Waals surface area contributed by atoms with Crippen molar-refractivity contribution >= 4 is 17.3 Å². The lowest BCUT2D eigenvalue weighted by Crippen LogP contribution is -2.16. The number of ether oxygens (including phenoxy) is 1. The minimum atomic E-state index is -0.914. The zero-order valence-corrected chi connectivity index (χ0v) is 13.0. The topological polar surface area (TPSA) is 68.5 Å². The summed E-state index contributed by atoms with van der Waals surface area (Å²) >= 11 is 1.14. The minimum absolute atomic E-state index is 0.0712. The highest BCUT2D eigenvalue weighted by Gasteiger charge is 2.15. The van der Waals surface area contributed by atoms with Gasteiger partial charge in [-0.1, -0.05) is 11.3 Å². The lowest BCUT2D eigenvalue weighted by atomic mass is 10.1. The highest BCUT2D eigenvalue weighted by molar-refractivity contribution is 7.09. The van der Waals surface area contributed by atoms with Gasteiger partial charge in [0.05, 0.1) is 19.2 Å². The molecule has 1 aromatic heterocycles. The molecule has 0 aliphatic carbocycles. The van der Waals surface area contributed by atoms with Crippen LogP contribution in [0, 0.1) is 13.8 Å². The summed E-state index contributed by atoms with van der Waals surface area (Å²) in [4.78, 5) is 23.5. The molecule has 0 aliphatic heterocycles. The van der Waals surface area contributed by atoms with E-state index >= 15 is 0 Å². The van der Waals surface area contributed by atoms with E-state index in [9.17, 15) is 9.59 Å². The predicted octanol–water partition coefficient (Wildman–Crippen LogP) is 2.68. The fourth-order valence-corrected chi connectivity index (χ4v) is 3.19. The molecule has 0 radical (unpaired) electrons. The molecule has 1 N–H and O–H groups in total. The van der Waals surface area contributed by atoms with Gasteiger partial charge in [-0.15, -0.1) is 0 Å². The van der Waals surface area contributed by atoms with E-state index in [1.165, 1.54) is 4.57 Å². The van der Waals surface area contributed by atoms with Crippen LogP contribution in [-0.2, 0) is 11.3 Å². The zero-order chi connectivity index (χ0) is 15.6. The van der Waals surface area contributed by atoms with Crippen molar-refractivity contribution in [3.63, 3.8) is 0 Å². The van der Waals surface area contributed by atoms with Gasteiger partial charge in [-0.25, -0.2) is 0 Å². The number of benzene rings is 1. The zero-order valence-electron chi connectivity index (χ0n) is 12.2. The SMILES string of the molecule is COc1ccc(-c2c(C)sc(=O)n2CCC(=O)O)cc1C. The van der Waals surface area contributed by atoms with Gasteiger partial charge in [-0.05, 0) is 43.2 Å². The van der Waals surface area contributed by atoms with E-state index in [0.29, 0.717) is 0 Å². The molecule has 0 atom stereocenters. The smallest absolute Gasteiger partial charge is 0.307 e. The number of hydrogen-bond donors (Lipinski definition) is 1. The Morgan fingerprint density at radius 3 is 2.67 bits per heavy atom. The number of methoxy groups -OCH3 is 1. The van der Waals surface area contributed by atoms with Gasteiger partial charge in [-0.2, -0.15) is 0 Å². The number of rotatable bonds is 5. The van der Waals surface area contributed by atoms with Crippen LogP contribution in [0.2, 0.25) is 0 Å². The van der Waals surface area contributed by atoms with Crippen LogP contribution in [0.4, 0.5) is 0 Å². The Balaban J connectivity index is 2.50. The largest absolute Gasteiger partial charge is 0.496 e. The van der Waals surface area contributed by atoms with Crippen molar-refractivity contribution < 1.29 is 14.6 Å². The lowest BCUT2D eigenvalue weighted by molar-refractivity contribution is -0.137. The summed E-state index contributed by atoms with van der Waals surface area (Å²) in [7, 11) is 1.61. The summed E-state index contributed by atoms with van der Waals surface area (Å²) in [6.45, 7) is 3.99. The van der Waals surface area contributed by atoms with Crippen LogP contribution in [0.1, 0.15) is 16.9 Å².